The van der Waals surface area contributed by atoms with Crippen LogP contribution in [0.1, 0.15) is 34.6 Å². The van der Waals surface area contributed by atoms with Gasteiger partial charge in [-0.3, -0.25) is 14.5 Å². The summed E-state index contributed by atoms with van der Waals surface area (Å²) in [7, 11) is 0. The molecule has 2 aliphatic rings. The van der Waals surface area contributed by atoms with Gasteiger partial charge < -0.3 is 5.73 Å². The molecular weight excluding hydrogens is 238 g/mol. The first kappa shape index (κ1) is 10.9. The smallest absolute Gasteiger partial charge is 0.230 e. The Morgan fingerprint density at radius 2 is 2.18 bits per heavy atom. The van der Waals surface area contributed by atoms with Gasteiger partial charge in [0.25, 0.3) is 0 Å². The Labute approximate surface area is 103 Å². The van der Waals surface area contributed by atoms with Crippen molar-refractivity contribution in [3.8, 4) is 0 Å². The Morgan fingerprint density at radius 1 is 1.35 bits per heavy atom. The highest BCUT2D eigenvalue weighted by Gasteiger charge is 2.32. The lowest BCUT2D eigenvalue weighted by atomic mass is 10.0. The van der Waals surface area contributed by atoms with Gasteiger partial charge in [-0.2, -0.15) is 0 Å². The van der Waals surface area contributed by atoms with Gasteiger partial charge >= 0.3 is 0 Å². The van der Waals surface area contributed by atoms with Gasteiger partial charge in [-0.15, -0.1) is 0 Å². The molecule has 0 bridgehead atoms. The number of carbonyl (C=O) groups excluding carboxylic acids is 2. The normalized spacial score (nSPS) is 24.3. The Bertz CT molecular complexity index is 497. The van der Waals surface area contributed by atoms with Crippen molar-refractivity contribution in [2.75, 3.05) is 11.4 Å². The van der Waals surface area contributed by atoms with Crippen LogP contribution in [0.15, 0.2) is 0 Å². The van der Waals surface area contributed by atoms with Gasteiger partial charge in [-0.1, -0.05) is 11.3 Å². The molecule has 17 heavy (non-hydrogen) atoms. The van der Waals surface area contributed by atoms with E-state index < -0.39 is 0 Å². The summed E-state index contributed by atoms with van der Waals surface area (Å²) >= 11 is 1.34. The van der Waals surface area contributed by atoms with E-state index in [1.807, 2.05) is 0 Å². The second kappa shape index (κ2) is 3.89. The maximum atomic E-state index is 11.7. The highest BCUT2D eigenvalue weighted by molar-refractivity contribution is 7.17. The third-order valence-electron chi connectivity index (χ3n) is 3.14. The number of fused-ring (bicyclic) bond motifs is 1. The van der Waals surface area contributed by atoms with Crippen LogP contribution in [0, 0.1) is 0 Å². The number of hydrogen-bond acceptors (Lipinski definition) is 5. The number of ketones is 1. The Hall–Kier alpha value is -1.27. The maximum absolute atomic E-state index is 11.7. The van der Waals surface area contributed by atoms with E-state index in [1.54, 1.807) is 4.90 Å². The number of aromatic nitrogens is 1. The van der Waals surface area contributed by atoms with E-state index in [0.29, 0.717) is 24.5 Å². The molecule has 5 nitrogen and oxygen atoms in total. The minimum Gasteiger partial charge on any atom is -0.326 e. The van der Waals surface area contributed by atoms with E-state index in [2.05, 4.69) is 4.98 Å². The van der Waals surface area contributed by atoms with Crippen molar-refractivity contribution < 1.29 is 9.59 Å². The fourth-order valence-corrected chi connectivity index (χ4v) is 3.40. The molecule has 0 saturated carbocycles. The zero-order chi connectivity index (χ0) is 12.0. The number of Topliss-reactive ketones (excluding diaryl/α,β-unsaturated/α-hetero) is 1. The zero-order valence-electron chi connectivity index (χ0n) is 9.31. The predicted octanol–water partition coefficient (Wildman–Crippen LogP) is 0.726. The number of carbonyl (C=O) groups is 2. The summed E-state index contributed by atoms with van der Waals surface area (Å²) in [5.74, 6) is 0.169. The van der Waals surface area contributed by atoms with Gasteiger partial charge in [0.15, 0.2) is 10.9 Å². The molecule has 2 N–H and O–H groups in total. The Balaban J connectivity index is 1.94. The summed E-state index contributed by atoms with van der Waals surface area (Å²) in [5, 5.41) is 0.642. The van der Waals surface area contributed by atoms with E-state index in [1.165, 1.54) is 11.3 Å². The van der Waals surface area contributed by atoms with Crippen molar-refractivity contribution in [2.45, 2.75) is 31.7 Å². The summed E-state index contributed by atoms with van der Waals surface area (Å²) in [6.07, 6.45) is 2.68. The topological polar surface area (TPSA) is 76.3 Å². The van der Waals surface area contributed by atoms with Crippen molar-refractivity contribution >= 4 is 28.2 Å². The van der Waals surface area contributed by atoms with Gasteiger partial charge in [0.2, 0.25) is 5.91 Å². The van der Waals surface area contributed by atoms with Crippen molar-refractivity contribution in [1.29, 1.82) is 0 Å². The van der Waals surface area contributed by atoms with E-state index in [4.69, 9.17) is 5.73 Å². The standard InChI is InChI=1S/C11H13N3O2S/c12-6-4-9(16)14(5-6)11-13-7-2-1-3-8(15)10(7)17-11/h6H,1-5,12H2. The molecular formula is C11H13N3O2S. The van der Waals surface area contributed by atoms with E-state index >= 15 is 0 Å². The fourth-order valence-electron chi connectivity index (χ4n) is 2.29. The van der Waals surface area contributed by atoms with Crippen LogP contribution in [-0.4, -0.2) is 29.3 Å². The summed E-state index contributed by atoms with van der Waals surface area (Å²) in [6.45, 7) is 0.513. The van der Waals surface area contributed by atoms with Gasteiger partial charge in [0.1, 0.15) is 0 Å². The zero-order valence-corrected chi connectivity index (χ0v) is 10.1. The molecule has 2 heterocycles. The molecule has 1 aliphatic heterocycles. The Morgan fingerprint density at radius 3 is 2.82 bits per heavy atom. The molecule has 3 rings (SSSR count). The molecule has 1 amide bonds. The quantitative estimate of drug-likeness (QED) is 0.798. The van der Waals surface area contributed by atoms with Gasteiger partial charge in [0.05, 0.1) is 10.6 Å². The first-order chi connectivity index (χ1) is 8.15. The molecule has 1 unspecified atom stereocenters. The average Bonchev–Trinajstić information content (AvgIpc) is 2.82. The fraction of sp³-hybridized carbons (Fsp3) is 0.545. The number of nitrogens with zero attached hydrogens (tertiary/aromatic N) is 2. The first-order valence-corrected chi connectivity index (χ1v) is 6.55. The number of hydrogen-bond donors (Lipinski definition) is 1. The minimum absolute atomic E-state index is 0.0102. The largest absolute Gasteiger partial charge is 0.326 e. The second-order valence-electron chi connectivity index (χ2n) is 4.52. The third kappa shape index (κ3) is 1.77. The molecule has 1 aromatic heterocycles. The van der Waals surface area contributed by atoms with Crippen LogP contribution >= 0.6 is 11.3 Å². The molecule has 1 aromatic rings. The van der Waals surface area contributed by atoms with Crippen LogP contribution in [0.3, 0.4) is 0 Å². The number of anilines is 1. The molecule has 1 saturated heterocycles. The first-order valence-electron chi connectivity index (χ1n) is 5.74. The van der Waals surface area contributed by atoms with Crippen molar-refractivity contribution in [3.05, 3.63) is 10.6 Å². The molecule has 0 radical (unpaired) electrons. The van der Waals surface area contributed by atoms with Gasteiger partial charge in [-0.25, -0.2) is 4.98 Å². The van der Waals surface area contributed by atoms with Crippen LogP contribution in [0.25, 0.3) is 0 Å². The summed E-state index contributed by atoms with van der Waals surface area (Å²) in [6, 6.07) is -0.112. The van der Waals surface area contributed by atoms with Crippen molar-refractivity contribution in [2.24, 2.45) is 5.73 Å². The number of aryl methyl sites for hydroxylation is 1. The van der Waals surface area contributed by atoms with Crippen LogP contribution < -0.4 is 10.6 Å². The monoisotopic (exact) mass is 251 g/mol. The molecule has 90 valence electrons. The van der Waals surface area contributed by atoms with Crippen molar-refractivity contribution in [1.82, 2.24) is 4.98 Å². The molecule has 0 aromatic carbocycles. The number of rotatable bonds is 1. The summed E-state index contributed by atoms with van der Waals surface area (Å²) < 4.78 is 0. The van der Waals surface area contributed by atoms with Crippen LogP contribution in [-0.2, 0) is 11.2 Å². The predicted molar refractivity (Wildman–Crippen MR) is 64.3 cm³/mol. The minimum atomic E-state index is -0.112. The van der Waals surface area contributed by atoms with Crippen LogP contribution in [0.2, 0.25) is 0 Å². The van der Waals surface area contributed by atoms with Crippen LogP contribution in [0.5, 0.6) is 0 Å². The molecule has 0 spiro atoms. The van der Waals surface area contributed by atoms with E-state index in [0.717, 1.165) is 23.4 Å². The lowest BCUT2D eigenvalue weighted by Crippen LogP contribution is -2.27. The van der Waals surface area contributed by atoms with E-state index in [-0.39, 0.29) is 17.7 Å². The molecule has 6 heteroatoms. The highest BCUT2D eigenvalue weighted by Crippen LogP contribution is 2.33. The number of nitrogens with two attached hydrogens (primary N) is 1. The Kier molecular flexibility index (Phi) is 2.48. The second-order valence-corrected chi connectivity index (χ2v) is 5.50. The number of thiazole rings is 1. The lowest BCUT2D eigenvalue weighted by Gasteiger charge is -2.10. The molecule has 1 aliphatic carbocycles. The average molecular weight is 251 g/mol. The van der Waals surface area contributed by atoms with Crippen molar-refractivity contribution in [3.63, 3.8) is 0 Å². The summed E-state index contributed by atoms with van der Waals surface area (Å²) in [4.78, 5) is 30.2. The van der Waals surface area contributed by atoms with Gasteiger partial charge in [0, 0.05) is 25.4 Å². The third-order valence-corrected chi connectivity index (χ3v) is 4.30. The lowest BCUT2D eigenvalue weighted by molar-refractivity contribution is -0.117. The molecule has 1 atom stereocenters. The SMILES string of the molecule is NC1CC(=O)N(c2nc3c(s2)C(=O)CCC3)C1. The highest BCUT2D eigenvalue weighted by atomic mass is 32.1. The number of amides is 1. The maximum Gasteiger partial charge on any atom is 0.230 e. The molecule has 1 fully saturated rings. The van der Waals surface area contributed by atoms with Crippen LogP contribution in [0.4, 0.5) is 5.13 Å². The van der Waals surface area contributed by atoms with Gasteiger partial charge in [-0.05, 0) is 12.8 Å². The summed E-state index contributed by atoms with van der Waals surface area (Å²) in [5.41, 5.74) is 6.61. The van der Waals surface area contributed by atoms with E-state index in [9.17, 15) is 9.59 Å².